The van der Waals surface area contributed by atoms with Gasteiger partial charge in [0.05, 0.1) is 0 Å². The second kappa shape index (κ2) is 16.5. The van der Waals surface area contributed by atoms with Crippen molar-refractivity contribution in [2.24, 2.45) is 0 Å². The van der Waals surface area contributed by atoms with Crippen LogP contribution < -0.4 is 0 Å². The molecule has 0 radical (unpaired) electrons. The molecule has 0 aromatic carbocycles. The minimum Gasteiger partial charge on any atom is -0.442 e. The van der Waals surface area contributed by atoms with Crippen LogP contribution >= 0.6 is 0 Å². The molecule has 0 saturated carbocycles. The number of aliphatic hydroxyl groups is 1. The lowest BCUT2D eigenvalue weighted by Gasteiger charge is -1.80. The van der Waals surface area contributed by atoms with Gasteiger partial charge >= 0.3 is 0 Å². The lowest BCUT2D eigenvalue weighted by molar-refractivity contribution is 0.216. The Labute approximate surface area is 46.8 Å². The topological polar surface area (TPSA) is 72.0 Å². The highest BCUT2D eigenvalue weighted by atomic mass is 28.2. The summed E-state index contributed by atoms with van der Waals surface area (Å²) in [5, 5.41) is 8.06. The fourth-order valence-corrected chi connectivity index (χ4v) is 0. The largest absolute Gasteiger partial charge is 0.442 e. The molecule has 0 amide bonds. The smallest absolute Gasteiger partial charge is 0.141 e. The normalized spacial score (nSPS) is 6.43. The summed E-state index contributed by atoms with van der Waals surface area (Å²) in [6.45, 7) is 3.44. The molecule has 0 spiro atoms. The van der Waals surface area contributed by atoms with Crippen molar-refractivity contribution in [2.45, 2.75) is 20.0 Å². The first-order valence-corrected chi connectivity index (χ1v) is 2.75. The van der Waals surface area contributed by atoms with E-state index in [1.807, 2.05) is 0 Å². The van der Waals surface area contributed by atoms with Crippen LogP contribution in [0.25, 0.3) is 0 Å². The number of aliphatic hydroxyl groups excluding tert-OH is 1. The zero-order valence-electron chi connectivity index (χ0n) is 4.97. The first kappa shape index (κ1) is 15.7. The summed E-state index contributed by atoms with van der Waals surface area (Å²) < 4.78 is 0. The van der Waals surface area contributed by atoms with Crippen molar-refractivity contribution in [2.75, 3.05) is 0 Å². The van der Waals surface area contributed by atoms with Crippen LogP contribution in [0, 0.1) is 0 Å². The van der Waals surface area contributed by atoms with Crippen molar-refractivity contribution in [3.63, 3.8) is 0 Å². The summed E-state index contributed by atoms with van der Waals surface area (Å²) in [5.74, 6) is 0. The maximum absolute atomic E-state index is 8.06. The minimum atomic E-state index is -0.167. The van der Waals surface area contributed by atoms with E-state index in [9.17, 15) is 0 Å². The van der Waals surface area contributed by atoms with Crippen molar-refractivity contribution in [1.29, 1.82) is 0 Å². The van der Waals surface area contributed by atoms with E-state index in [0.29, 0.717) is 10.5 Å². The predicted molar refractivity (Wildman–Crippen MR) is 33.1 cm³/mol. The first-order valence-electron chi connectivity index (χ1n) is 1.86. The van der Waals surface area contributed by atoms with Crippen LogP contribution in [0.5, 0.6) is 0 Å². The van der Waals surface area contributed by atoms with Gasteiger partial charge in [0.25, 0.3) is 0 Å². The Morgan fingerprint density at radius 1 is 1.29 bits per heavy atom. The molecule has 0 aromatic rings. The lowest BCUT2D eigenvalue weighted by Crippen LogP contribution is -1.85. The Balaban J connectivity index is -0.0000000480. The molecule has 7 heavy (non-hydrogen) atoms. The van der Waals surface area contributed by atoms with Gasteiger partial charge in [0.2, 0.25) is 0 Å². The predicted octanol–water partition coefficient (Wildman–Crippen LogP) is -2.18. The maximum atomic E-state index is 8.06. The van der Waals surface area contributed by atoms with Crippen molar-refractivity contribution < 1.29 is 15.4 Å². The van der Waals surface area contributed by atoms with E-state index in [1.54, 1.807) is 13.8 Å². The highest BCUT2D eigenvalue weighted by Crippen LogP contribution is 1.65. The summed E-state index contributed by atoms with van der Waals surface area (Å²) in [6.07, 6.45) is -0.167. The summed E-state index contributed by atoms with van der Waals surface area (Å²) >= 11 is 0. The van der Waals surface area contributed by atoms with Gasteiger partial charge in [-0.15, -0.1) is 0 Å². The average molecular weight is 126 g/mol. The minimum absolute atomic E-state index is 0. The molecule has 3 nitrogen and oxygen atoms in total. The Hall–Kier alpha value is 0.0969. The van der Waals surface area contributed by atoms with Gasteiger partial charge in [-0.2, -0.15) is 0 Å². The third-order valence-corrected chi connectivity index (χ3v) is 0. The van der Waals surface area contributed by atoms with Gasteiger partial charge in [-0.25, -0.2) is 0 Å². The van der Waals surface area contributed by atoms with E-state index in [2.05, 4.69) is 0 Å². The molecule has 0 unspecified atom stereocenters. The van der Waals surface area contributed by atoms with Crippen molar-refractivity contribution in [3.8, 4) is 0 Å². The summed E-state index contributed by atoms with van der Waals surface area (Å²) in [5.41, 5.74) is 0. The highest BCUT2D eigenvalue weighted by molar-refractivity contribution is 5.95. The van der Waals surface area contributed by atoms with Crippen LogP contribution in [-0.4, -0.2) is 32.0 Å². The number of rotatable bonds is 0. The summed E-state index contributed by atoms with van der Waals surface area (Å²) in [7, 11) is 0.306. The highest BCUT2D eigenvalue weighted by Gasteiger charge is 1.69. The molecule has 0 atom stereocenters. The van der Waals surface area contributed by atoms with E-state index >= 15 is 0 Å². The molecule has 4 heteroatoms. The Morgan fingerprint density at radius 3 is 1.29 bits per heavy atom. The van der Waals surface area contributed by atoms with Gasteiger partial charge in [0.15, 0.2) is 0 Å². The molecule has 0 aromatic heterocycles. The molecule has 48 valence electrons. The fraction of sp³-hybridized carbons (Fsp3) is 1.00. The second-order valence-corrected chi connectivity index (χ2v) is 1.09. The molecule has 0 aliphatic heterocycles. The molecular formula is C3H14O3Si. The number of hydrogen-bond donors (Lipinski definition) is 2. The van der Waals surface area contributed by atoms with Gasteiger partial charge in [0, 0.05) is 6.10 Å². The van der Waals surface area contributed by atoms with Crippen LogP contribution in [0.4, 0.5) is 0 Å². The molecule has 0 saturated heterocycles. The van der Waals surface area contributed by atoms with Crippen LogP contribution in [-0.2, 0) is 0 Å². The van der Waals surface area contributed by atoms with Crippen molar-refractivity contribution in [1.82, 2.24) is 0 Å². The van der Waals surface area contributed by atoms with Crippen LogP contribution in [0.2, 0.25) is 0 Å². The van der Waals surface area contributed by atoms with Crippen molar-refractivity contribution in [3.05, 3.63) is 0 Å². The van der Waals surface area contributed by atoms with Gasteiger partial charge in [0.1, 0.15) is 10.5 Å². The standard InChI is InChI=1S/C3H8O.H4OSi.H2O/c1-3(2)4;1-2;/h3-4H,1-2H3;1H,2H3;1H2. The SMILES string of the molecule is CC(C)O.O.O[SiH3]. The van der Waals surface area contributed by atoms with E-state index in [1.165, 1.54) is 0 Å². The van der Waals surface area contributed by atoms with E-state index in [-0.39, 0.29) is 11.6 Å². The van der Waals surface area contributed by atoms with E-state index < -0.39 is 0 Å². The van der Waals surface area contributed by atoms with Gasteiger partial charge in [-0.1, -0.05) is 0 Å². The van der Waals surface area contributed by atoms with E-state index in [0.717, 1.165) is 0 Å². The van der Waals surface area contributed by atoms with Gasteiger partial charge in [-0.3, -0.25) is 0 Å². The third-order valence-electron chi connectivity index (χ3n) is 0. The van der Waals surface area contributed by atoms with Gasteiger partial charge in [-0.05, 0) is 13.8 Å². The number of hydrogen-bond acceptors (Lipinski definition) is 2. The molecule has 0 heterocycles. The molecule has 4 N–H and O–H groups in total. The molecular weight excluding hydrogens is 112 g/mol. The second-order valence-electron chi connectivity index (χ2n) is 1.09. The molecule has 0 rings (SSSR count). The molecule has 0 bridgehead atoms. The lowest BCUT2D eigenvalue weighted by atomic mass is 10.5. The fourth-order valence-electron chi connectivity index (χ4n) is 0. The monoisotopic (exact) mass is 126 g/mol. The zero-order valence-corrected chi connectivity index (χ0v) is 6.97. The van der Waals surface area contributed by atoms with Gasteiger partial charge < -0.3 is 15.4 Å². The van der Waals surface area contributed by atoms with Crippen LogP contribution in [0.15, 0.2) is 0 Å². The first-order chi connectivity index (χ1) is 2.73. The third kappa shape index (κ3) is 10900. The average Bonchev–Trinajstić information content (AvgIpc) is 1.41. The Kier molecular flexibility index (Phi) is 37.1. The van der Waals surface area contributed by atoms with E-state index in [4.69, 9.17) is 9.90 Å². The maximum Gasteiger partial charge on any atom is 0.141 e. The quantitative estimate of drug-likeness (QED) is 0.362. The summed E-state index contributed by atoms with van der Waals surface area (Å²) in [6, 6.07) is 0. The molecule has 0 fully saturated rings. The molecule has 0 aliphatic rings. The Morgan fingerprint density at radius 2 is 1.29 bits per heavy atom. The Bertz CT molecular complexity index is 14.9. The van der Waals surface area contributed by atoms with Crippen molar-refractivity contribution >= 4 is 10.5 Å². The van der Waals surface area contributed by atoms with Crippen LogP contribution in [0.1, 0.15) is 13.8 Å². The van der Waals surface area contributed by atoms with Crippen LogP contribution in [0.3, 0.4) is 0 Å². The summed E-state index contributed by atoms with van der Waals surface area (Å²) in [4.78, 5) is 7.14. The zero-order chi connectivity index (χ0) is 5.58. The molecule has 0 aliphatic carbocycles.